The molecule has 3 heteroatoms. The topological polar surface area (TPSA) is 35.0 Å². The van der Waals surface area contributed by atoms with Crippen molar-refractivity contribution < 1.29 is 4.74 Å². The SMILES string of the molecule is COc1cnnc2c(C)cccc12. The highest BCUT2D eigenvalue weighted by molar-refractivity contribution is 5.86. The van der Waals surface area contributed by atoms with Gasteiger partial charge < -0.3 is 4.74 Å². The van der Waals surface area contributed by atoms with Crippen molar-refractivity contribution in [2.45, 2.75) is 6.92 Å². The van der Waals surface area contributed by atoms with Crippen molar-refractivity contribution in [2.24, 2.45) is 0 Å². The van der Waals surface area contributed by atoms with Crippen molar-refractivity contribution in [1.29, 1.82) is 0 Å². The van der Waals surface area contributed by atoms with Gasteiger partial charge in [-0.1, -0.05) is 12.1 Å². The van der Waals surface area contributed by atoms with E-state index < -0.39 is 0 Å². The van der Waals surface area contributed by atoms with E-state index in [-0.39, 0.29) is 0 Å². The summed E-state index contributed by atoms with van der Waals surface area (Å²) in [6.07, 6.45) is 1.63. The van der Waals surface area contributed by atoms with Gasteiger partial charge in [-0.2, -0.15) is 5.10 Å². The van der Waals surface area contributed by atoms with Crippen LogP contribution in [0.5, 0.6) is 5.75 Å². The van der Waals surface area contributed by atoms with Crippen LogP contribution in [0.25, 0.3) is 10.9 Å². The lowest BCUT2D eigenvalue weighted by atomic mass is 10.1. The van der Waals surface area contributed by atoms with Crippen LogP contribution in [-0.4, -0.2) is 17.3 Å². The zero-order chi connectivity index (χ0) is 9.26. The molecule has 0 spiro atoms. The Hall–Kier alpha value is -1.64. The molecular formula is C10H10N2O. The summed E-state index contributed by atoms with van der Waals surface area (Å²) in [6.45, 7) is 2.01. The summed E-state index contributed by atoms with van der Waals surface area (Å²) < 4.78 is 5.18. The van der Waals surface area contributed by atoms with Gasteiger partial charge in [0.15, 0.2) is 0 Å². The lowest BCUT2D eigenvalue weighted by molar-refractivity contribution is 0.417. The minimum Gasteiger partial charge on any atom is -0.494 e. The van der Waals surface area contributed by atoms with Crippen molar-refractivity contribution >= 4 is 10.9 Å². The molecule has 0 aliphatic heterocycles. The summed E-state index contributed by atoms with van der Waals surface area (Å²) in [5.74, 6) is 0.772. The predicted molar refractivity (Wildman–Crippen MR) is 50.8 cm³/mol. The largest absolute Gasteiger partial charge is 0.494 e. The van der Waals surface area contributed by atoms with Crippen molar-refractivity contribution in [3.63, 3.8) is 0 Å². The van der Waals surface area contributed by atoms with Crippen LogP contribution in [0.1, 0.15) is 5.56 Å². The highest BCUT2D eigenvalue weighted by Gasteiger charge is 2.03. The lowest BCUT2D eigenvalue weighted by Crippen LogP contribution is -1.91. The molecule has 1 heterocycles. The third kappa shape index (κ3) is 1.22. The number of hydrogen-bond acceptors (Lipinski definition) is 3. The number of methoxy groups -OCH3 is 1. The van der Waals surface area contributed by atoms with E-state index in [1.165, 1.54) is 0 Å². The number of nitrogens with zero attached hydrogens (tertiary/aromatic N) is 2. The van der Waals surface area contributed by atoms with Crippen molar-refractivity contribution in [2.75, 3.05) is 7.11 Å². The Morgan fingerprint density at radius 2 is 2.15 bits per heavy atom. The van der Waals surface area contributed by atoms with Gasteiger partial charge in [0.1, 0.15) is 5.75 Å². The van der Waals surface area contributed by atoms with E-state index in [9.17, 15) is 0 Å². The van der Waals surface area contributed by atoms with Gasteiger partial charge in [-0.3, -0.25) is 0 Å². The molecular weight excluding hydrogens is 164 g/mol. The van der Waals surface area contributed by atoms with E-state index in [2.05, 4.69) is 10.2 Å². The second-order valence-electron chi connectivity index (χ2n) is 2.88. The molecule has 2 aromatic rings. The number of ether oxygens (including phenoxy) is 1. The van der Waals surface area contributed by atoms with E-state index in [4.69, 9.17) is 4.74 Å². The molecule has 0 N–H and O–H groups in total. The molecule has 1 aromatic heterocycles. The lowest BCUT2D eigenvalue weighted by Gasteiger charge is -2.04. The van der Waals surface area contributed by atoms with Crippen LogP contribution in [0, 0.1) is 6.92 Å². The Bertz CT molecular complexity index is 440. The zero-order valence-electron chi connectivity index (χ0n) is 7.61. The third-order valence-corrected chi connectivity index (χ3v) is 2.06. The molecule has 0 saturated heterocycles. The summed E-state index contributed by atoms with van der Waals surface area (Å²) in [6, 6.07) is 5.98. The number of fused-ring (bicyclic) bond motifs is 1. The quantitative estimate of drug-likeness (QED) is 0.662. The number of benzene rings is 1. The van der Waals surface area contributed by atoms with Crippen LogP contribution in [-0.2, 0) is 0 Å². The van der Waals surface area contributed by atoms with Crippen LogP contribution in [0.2, 0.25) is 0 Å². The maximum absolute atomic E-state index is 5.18. The molecule has 0 atom stereocenters. The average molecular weight is 174 g/mol. The summed E-state index contributed by atoms with van der Waals surface area (Å²) in [4.78, 5) is 0. The van der Waals surface area contributed by atoms with Gasteiger partial charge in [0.2, 0.25) is 0 Å². The molecule has 2 rings (SSSR count). The van der Waals surface area contributed by atoms with Crippen LogP contribution < -0.4 is 4.74 Å². The van der Waals surface area contributed by atoms with E-state index >= 15 is 0 Å². The van der Waals surface area contributed by atoms with Gasteiger partial charge in [0, 0.05) is 5.39 Å². The normalized spacial score (nSPS) is 10.3. The second kappa shape index (κ2) is 3.01. The monoisotopic (exact) mass is 174 g/mol. The number of aromatic nitrogens is 2. The molecule has 3 nitrogen and oxygen atoms in total. The molecule has 0 aliphatic carbocycles. The fourth-order valence-corrected chi connectivity index (χ4v) is 1.36. The van der Waals surface area contributed by atoms with Gasteiger partial charge in [0.05, 0.1) is 18.8 Å². The highest BCUT2D eigenvalue weighted by Crippen LogP contribution is 2.23. The number of aryl methyl sites for hydroxylation is 1. The molecule has 13 heavy (non-hydrogen) atoms. The molecule has 0 bridgehead atoms. The van der Waals surface area contributed by atoms with Gasteiger partial charge in [-0.25, -0.2) is 0 Å². The standard InChI is InChI=1S/C10H10N2O/c1-7-4-3-5-8-9(13-2)6-11-12-10(7)8/h3-6H,1-2H3. The van der Waals surface area contributed by atoms with Crippen LogP contribution in [0.4, 0.5) is 0 Å². The number of rotatable bonds is 1. The fourth-order valence-electron chi connectivity index (χ4n) is 1.36. The Balaban J connectivity index is 2.84. The summed E-state index contributed by atoms with van der Waals surface area (Å²) in [7, 11) is 1.64. The Kier molecular flexibility index (Phi) is 1.85. The first-order valence-electron chi connectivity index (χ1n) is 4.08. The molecule has 1 aromatic carbocycles. The van der Waals surface area contributed by atoms with E-state index in [1.54, 1.807) is 13.3 Å². The van der Waals surface area contributed by atoms with E-state index in [1.807, 2.05) is 25.1 Å². The summed E-state index contributed by atoms with van der Waals surface area (Å²) in [5.41, 5.74) is 2.02. The van der Waals surface area contributed by atoms with Gasteiger partial charge >= 0.3 is 0 Å². The summed E-state index contributed by atoms with van der Waals surface area (Å²) >= 11 is 0. The second-order valence-corrected chi connectivity index (χ2v) is 2.88. The minimum absolute atomic E-state index is 0.772. The molecule has 0 saturated carbocycles. The molecule has 0 aliphatic rings. The zero-order valence-corrected chi connectivity index (χ0v) is 7.61. The van der Waals surface area contributed by atoms with E-state index in [0.29, 0.717) is 0 Å². The number of hydrogen-bond donors (Lipinski definition) is 0. The Morgan fingerprint density at radius 3 is 2.92 bits per heavy atom. The van der Waals surface area contributed by atoms with E-state index in [0.717, 1.165) is 22.2 Å². The molecule has 0 unspecified atom stereocenters. The van der Waals surface area contributed by atoms with Gasteiger partial charge in [-0.05, 0) is 18.6 Å². The van der Waals surface area contributed by atoms with Crippen LogP contribution in [0.15, 0.2) is 24.4 Å². The van der Waals surface area contributed by atoms with Crippen LogP contribution in [0.3, 0.4) is 0 Å². The molecule has 0 radical (unpaired) electrons. The van der Waals surface area contributed by atoms with Gasteiger partial charge in [0.25, 0.3) is 0 Å². The first-order chi connectivity index (χ1) is 6.33. The summed E-state index contributed by atoms with van der Waals surface area (Å²) in [5, 5.41) is 8.94. The minimum atomic E-state index is 0.772. The molecule has 66 valence electrons. The fraction of sp³-hybridized carbons (Fsp3) is 0.200. The highest BCUT2D eigenvalue weighted by atomic mass is 16.5. The Morgan fingerprint density at radius 1 is 1.31 bits per heavy atom. The third-order valence-electron chi connectivity index (χ3n) is 2.06. The predicted octanol–water partition coefficient (Wildman–Crippen LogP) is 1.95. The smallest absolute Gasteiger partial charge is 0.148 e. The molecule has 0 amide bonds. The maximum Gasteiger partial charge on any atom is 0.148 e. The first-order valence-corrected chi connectivity index (χ1v) is 4.08. The van der Waals surface area contributed by atoms with Crippen molar-refractivity contribution in [3.05, 3.63) is 30.0 Å². The first kappa shape index (κ1) is 7.98. The van der Waals surface area contributed by atoms with Crippen molar-refractivity contribution in [3.8, 4) is 5.75 Å². The average Bonchev–Trinajstić information content (AvgIpc) is 2.18. The van der Waals surface area contributed by atoms with Gasteiger partial charge in [-0.15, -0.1) is 5.10 Å². The van der Waals surface area contributed by atoms with Crippen molar-refractivity contribution in [1.82, 2.24) is 10.2 Å². The van der Waals surface area contributed by atoms with Crippen LogP contribution >= 0.6 is 0 Å². The Labute approximate surface area is 76.4 Å². The maximum atomic E-state index is 5.18. The molecule has 0 fully saturated rings.